The topological polar surface area (TPSA) is 17.1 Å². The number of halogens is 4. The number of fused-ring (bicyclic) bond motifs is 1. The minimum absolute atomic E-state index is 0.246. The molecule has 0 unspecified atom stereocenters. The van der Waals surface area contributed by atoms with Crippen LogP contribution in [0.15, 0.2) is 24.3 Å². The first kappa shape index (κ1) is 11.4. The lowest BCUT2D eigenvalue weighted by atomic mass is 10.1. The molecular formula is C10H4ClF3OS. The summed E-state index contributed by atoms with van der Waals surface area (Å²) in [6.45, 7) is 0. The van der Waals surface area contributed by atoms with E-state index in [0.717, 1.165) is 23.5 Å². The zero-order chi connectivity index (χ0) is 11.9. The number of carbonyl (C=O) groups excluding carboxylic acids is 1. The molecule has 0 aliphatic rings. The Kier molecular flexibility index (Phi) is 2.67. The van der Waals surface area contributed by atoms with Crippen LogP contribution in [-0.2, 0) is 6.18 Å². The van der Waals surface area contributed by atoms with Crippen LogP contribution >= 0.6 is 22.9 Å². The Morgan fingerprint density at radius 3 is 2.50 bits per heavy atom. The molecule has 2 rings (SSSR count). The molecule has 1 nitrogen and oxygen atoms in total. The third-order valence-corrected chi connectivity index (χ3v) is 3.47. The minimum atomic E-state index is -4.37. The highest BCUT2D eigenvalue weighted by Crippen LogP contribution is 2.34. The third-order valence-electron chi connectivity index (χ3n) is 2.04. The second-order valence-electron chi connectivity index (χ2n) is 3.13. The molecule has 0 saturated carbocycles. The average Bonchev–Trinajstić information content (AvgIpc) is 2.58. The Balaban J connectivity index is 2.58. The van der Waals surface area contributed by atoms with E-state index in [2.05, 4.69) is 0 Å². The van der Waals surface area contributed by atoms with Crippen LogP contribution in [0.3, 0.4) is 0 Å². The summed E-state index contributed by atoms with van der Waals surface area (Å²) in [5.41, 5.74) is -0.730. The van der Waals surface area contributed by atoms with Crippen LogP contribution in [-0.4, -0.2) is 5.24 Å². The summed E-state index contributed by atoms with van der Waals surface area (Å²) < 4.78 is 37.8. The molecule has 0 aliphatic carbocycles. The Bertz CT molecular complexity index is 559. The van der Waals surface area contributed by atoms with Gasteiger partial charge < -0.3 is 0 Å². The van der Waals surface area contributed by atoms with E-state index in [1.807, 2.05) is 0 Å². The lowest BCUT2D eigenvalue weighted by Gasteiger charge is -2.05. The van der Waals surface area contributed by atoms with Gasteiger partial charge in [-0.3, -0.25) is 4.79 Å². The number of alkyl halides is 3. The maximum atomic E-state index is 12.4. The number of carbonyl (C=O) groups is 1. The van der Waals surface area contributed by atoms with Crippen LogP contribution in [0.4, 0.5) is 13.2 Å². The molecule has 0 atom stereocenters. The molecule has 0 radical (unpaired) electrons. The molecule has 0 spiro atoms. The Morgan fingerprint density at radius 1 is 1.25 bits per heavy atom. The Hall–Kier alpha value is -1.07. The predicted octanol–water partition coefficient (Wildman–Crippen LogP) is 4.30. The van der Waals surface area contributed by atoms with E-state index < -0.39 is 17.0 Å². The summed E-state index contributed by atoms with van der Waals surface area (Å²) in [6.07, 6.45) is -4.37. The smallest absolute Gasteiger partial charge is 0.275 e. The molecule has 0 aliphatic heterocycles. The second-order valence-corrected chi connectivity index (χ2v) is 4.56. The van der Waals surface area contributed by atoms with Crippen LogP contribution in [0.25, 0.3) is 10.1 Å². The van der Waals surface area contributed by atoms with Crippen molar-refractivity contribution in [2.75, 3.05) is 0 Å². The van der Waals surface area contributed by atoms with Crippen molar-refractivity contribution in [3.63, 3.8) is 0 Å². The van der Waals surface area contributed by atoms with Crippen molar-refractivity contribution in [2.45, 2.75) is 6.18 Å². The molecule has 0 saturated heterocycles. The van der Waals surface area contributed by atoms with E-state index in [1.165, 1.54) is 12.1 Å². The van der Waals surface area contributed by atoms with Gasteiger partial charge in [0.05, 0.1) is 10.4 Å². The van der Waals surface area contributed by atoms with Crippen LogP contribution in [0.1, 0.15) is 15.2 Å². The van der Waals surface area contributed by atoms with Crippen LogP contribution < -0.4 is 0 Å². The predicted molar refractivity (Wildman–Crippen MR) is 57.0 cm³/mol. The molecule has 0 fully saturated rings. The van der Waals surface area contributed by atoms with Crippen molar-refractivity contribution in [3.8, 4) is 0 Å². The first-order valence-electron chi connectivity index (χ1n) is 4.18. The molecule has 1 heterocycles. The lowest BCUT2D eigenvalue weighted by Crippen LogP contribution is -2.03. The zero-order valence-electron chi connectivity index (χ0n) is 7.64. The highest BCUT2D eigenvalue weighted by Gasteiger charge is 2.30. The maximum Gasteiger partial charge on any atom is 0.416 e. The fraction of sp³-hybridized carbons (Fsp3) is 0.100. The van der Waals surface area contributed by atoms with Gasteiger partial charge in [-0.1, -0.05) is 0 Å². The summed E-state index contributed by atoms with van der Waals surface area (Å²) in [7, 11) is 0. The molecule has 2 aromatic rings. The van der Waals surface area contributed by atoms with Crippen molar-refractivity contribution in [2.24, 2.45) is 0 Å². The fourth-order valence-electron chi connectivity index (χ4n) is 1.32. The molecule has 16 heavy (non-hydrogen) atoms. The molecular weight excluding hydrogens is 261 g/mol. The van der Waals surface area contributed by atoms with Gasteiger partial charge in [0.25, 0.3) is 5.24 Å². The first-order chi connectivity index (χ1) is 7.38. The normalized spacial score (nSPS) is 12.0. The zero-order valence-corrected chi connectivity index (χ0v) is 9.21. The van der Waals surface area contributed by atoms with Crippen molar-refractivity contribution in [1.29, 1.82) is 0 Å². The van der Waals surface area contributed by atoms with E-state index in [9.17, 15) is 18.0 Å². The van der Waals surface area contributed by atoms with Crippen molar-refractivity contribution >= 4 is 38.3 Å². The van der Waals surface area contributed by atoms with Crippen molar-refractivity contribution in [3.05, 3.63) is 34.7 Å². The van der Waals surface area contributed by atoms with Gasteiger partial charge in [-0.15, -0.1) is 11.3 Å². The van der Waals surface area contributed by atoms with Gasteiger partial charge >= 0.3 is 6.18 Å². The highest BCUT2D eigenvalue weighted by atomic mass is 35.5. The van der Waals surface area contributed by atoms with E-state index >= 15 is 0 Å². The summed E-state index contributed by atoms with van der Waals surface area (Å²) in [4.78, 5) is 11.1. The molecule has 6 heteroatoms. The first-order valence-corrected chi connectivity index (χ1v) is 5.38. The Labute approximate surface area is 97.4 Å². The van der Waals surface area contributed by atoms with Gasteiger partial charge in [0.1, 0.15) is 0 Å². The van der Waals surface area contributed by atoms with E-state index in [1.54, 1.807) is 0 Å². The standard InChI is InChI=1S/C10H4ClF3OS/c11-9(15)8-4-5-3-6(10(12,13)14)1-2-7(5)16-8/h1-4H. The van der Waals surface area contributed by atoms with Gasteiger partial charge in [0.2, 0.25) is 0 Å². The highest BCUT2D eigenvalue weighted by molar-refractivity contribution is 7.22. The summed E-state index contributed by atoms with van der Waals surface area (Å²) >= 11 is 6.33. The monoisotopic (exact) mass is 264 g/mol. The SMILES string of the molecule is O=C(Cl)c1cc2cc(C(F)(F)F)ccc2s1. The van der Waals surface area contributed by atoms with E-state index in [-0.39, 0.29) is 4.88 Å². The number of hydrogen-bond donors (Lipinski definition) is 0. The third kappa shape index (κ3) is 2.05. The molecule has 0 bridgehead atoms. The van der Waals surface area contributed by atoms with Gasteiger partial charge in [-0.2, -0.15) is 13.2 Å². The largest absolute Gasteiger partial charge is 0.416 e. The number of hydrogen-bond acceptors (Lipinski definition) is 2. The summed E-state index contributed by atoms with van der Waals surface area (Å²) in [6, 6.07) is 4.70. The van der Waals surface area contributed by atoms with Gasteiger partial charge in [-0.25, -0.2) is 0 Å². The molecule has 84 valence electrons. The van der Waals surface area contributed by atoms with Crippen LogP contribution in [0, 0.1) is 0 Å². The lowest BCUT2D eigenvalue weighted by molar-refractivity contribution is -0.137. The maximum absolute atomic E-state index is 12.4. The van der Waals surface area contributed by atoms with E-state index in [4.69, 9.17) is 11.6 Å². The van der Waals surface area contributed by atoms with Crippen LogP contribution in [0.5, 0.6) is 0 Å². The van der Waals surface area contributed by atoms with Crippen molar-refractivity contribution in [1.82, 2.24) is 0 Å². The molecule has 1 aromatic carbocycles. The molecule has 0 N–H and O–H groups in total. The fourth-order valence-corrected chi connectivity index (χ4v) is 2.36. The summed E-state index contributed by atoms with van der Waals surface area (Å²) in [5, 5.41) is -0.279. The van der Waals surface area contributed by atoms with Gasteiger partial charge in [0, 0.05) is 4.70 Å². The van der Waals surface area contributed by atoms with Gasteiger partial charge in [0.15, 0.2) is 0 Å². The number of rotatable bonds is 1. The van der Waals surface area contributed by atoms with Gasteiger partial charge in [-0.05, 0) is 41.3 Å². The minimum Gasteiger partial charge on any atom is -0.275 e. The Morgan fingerprint density at radius 2 is 1.94 bits per heavy atom. The molecule has 0 amide bonds. The second kappa shape index (κ2) is 3.75. The number of thiophene rings is 1. The molecule has 1 aromatic heterocycles. The van der Waals surface area contributed by atoms with Crippen LogP contribution in [0.2, 0.25) is 0 Å². The average molecular weight is 265 g/mol. The van der Waals surface area contributed by atoms with E-state index in [0.29, 0.717) is 10.1 Å². The number of benzene rings is 1. The summed E-state index contributed by atoms with van der Waals surface area (Å²) in [5.74, 6) is 0. The van der Waals surface area contributed by atoms with Crippen molar-refractivity contribution < 1.29 is 18.0 Å². The quantitative estimate of drug-likeness (QED) is 0.702.